The lowest BCUT2D eigenvalue weighted by molar-refractivity contribution is -0.118. The van der Waals surface area contributed by atoms with Crippen LogP contribution in [0.25, 0.3) is 11.5 Å². The second kappa shape index (κ2) is 8.95. The molecule has 156 valence electrons. The molecule has 2 heterocycles. The fourth-order valence-corrected chi connectivity index (χ4v) is 3.34. The first kappa shape index (κ1) is 19.9. The number of hydrogen-bond donors (Lipinski definition) is 1. The molecule has 0 saturated heterocycles. The summed E-state index contributed by atoms with van der Waals surface area (Å²) in [6.07, 6.45) is 0. The largest absolute Gasteiger partial charge is 0.497 e. The summed E-state index contributed by atoms with van der Waals surface area (Å²) >= 11 is 1.16. The molecule has 9 nitrogen and oxygen atoms in total. The summed E-state index contributed by atoms with van der Waals surface area (Å²) in [5.74, 6) is 2.92. The van der Waals surface area contributed by atoms with Crippen LogP contribution in [-0.4, -0.2) is 42.9 Å². The van der Waals surface area contributed by atoms with Crippen molar-refractivity contribution in [1.82, 2.24) is 15.5 Å². The Bertz CT molecular complexity index is 1030. The minimum Gasteiger partial charge on any atom is -0.497 e. The Labute approximate surface area is 176 Å². The summed E-state index contributed by atoms with van der Waals surface area (Å²) in [4.78, 5) is 12.2. The minimum atomic E-state index is -0.152. The standard InChI is InChI=1S/C20H19N3O6S/c1-25-14-6-13(7-15(8-14)26-2)19-22-23-20(29-19)30-10-18(24)21-9-12-3-4-16-17(5-12)28-11-27-16/h3-8H,9-11H2,1-2H3,(H,21,24). The van der Waals surface area contributed by atoms with Crippen LogP contribution in [0.4, 0.5) is 0 Å². The average Bonchev–Trinajstić information content (AvgIpc) is 3.45. The van der Waals surface area contributed by atoms with E-state index in [2.05, 4.69) is 15.5 Å². The third-order valence-electron chi connectivity index (χ3n) is 4.26. The highest BCUT2D eigenvalue weighted by molar-refractivity contribution is 7.99. The third kappa shape index (κ3) is 4.60. The van der Waals surface area contributed by atoms with E-state index in [1.165, 1.54) is 0 Å². The Balaban J connectivity index is 1.31. The van der Waals surface area contributed by atoms with Gasteiger partial charge in [0, 0.05) is 18.2 Å². The van der Waals surface area contributed by atoms with Crippen molar-refractivity contribution < 1.29 is 28.2 Å². The highest BCUT2D eigenvalue weighted by atomic mass is 32.2. The Morgan fingerprint density at radius 1 is 1.07 bits per heavy atom. The van der Waals surface area contributed by atoms with Crippen LogP contribution in [0.1, 0.15) is 5.56 Å². The van der Waals surface area contributed by atoms with Gasteiger partial charge < -0.3 is 28.7 Å². The molecule has 4 rings (SSSR count). The highest BCUT2D eigenvalue weighted by Gasteiger charge is 2.15. The molecule has 1 amide bonds. The number of nitrogens with one attached hydrogen (secondary N) is 1. The third-order valence-corrected chi connectivity index (χ3v) is 5.08. The SMILES string of the molecule is COc1cc(OC)cc(-c2nnc(SCC(=O)NCc3ccc4c(c3)OCO4)o2)c1. The van der Waals surface area contributed by atoms with Gasteiger partial charge >= 0.3 is 0 Å². The molecule has 0 atom stereocenters. The quantitative estimate of drug-likeness (QED) is 0.541. The minimum absolute atomic E-state index is 0.146. The molecular formula is C20H19N3O6S. The van der Waals surface area contributed by atoms with E-state index in [0.29, 0.717) is 46.2 Å². The summed E-state index contributed by atoms with van der Waals surface area (Å²) in [5.41, 5.74) is 1.59. The fourth-order valence-electron chi connectivity index (χ4n) is 2.75. The molecule has 0 saturated carbocycles. The van der Waals surface area contributed by atoms with E-state index in [1.54, 1.807) is 32.4 Å². The predicted molar refractivity (Wildman–Crippen MR) is 108 cm³/mol. The van der Waals surface area contributed by atoms with Gasteiger partial charge in [0.15, 0.2) is 11.5 Å². The number of thioether (sulfide) groups is 1. The van der Waals surface area contributed by atoms with Gasteiger partial charge in [0.25, 0.3) is 5.22 Å². The van der Waals surface area contributed by atoms with Gasteiger partial charge in [-0.3, -0.25) is 4.79 Å². The number of carbonyl (C=O) groups excluding carboxylic acids is 1. The second-order valence-corrected chi connectivity index (χ2v) is 7.15. The van der Waals surface area contributed by atoms with Gasteiger partial charge in [-0.05, 0) is 29.8 Å². The number of ether oxygens (including phenoxy) is 4. The summed E-state index contributed by atoms with van der Waals surface area (Å²) < 4.78 is 26.8. The monoisotopic (exact) mass is 429 g/mol. The molecule has 30 heavy (non-hydrogen) atoms. The lowest BCUT2D eigenvalue weighted by Crippen LogP contribution is -2.24. The molecule has 1 aliphatic heterocycles. The smallest absolute Gasteiger partial charge is 0.277 e. The second-order valence-electron chi connectivity index (χ2n) is 6.23. The van der Waals surface area contributed by atoms with Crippen molar-refractivity contribution in [3.63, 3.8) is 0 Å². The zero-order valence-corrected chi connectivity index (χ0v) is 17.2. The molecule has 0 bridgehead atoms. The van der Waals surface area contributed by atoms with E-state index in [1.807, 2.05) is 18.2 Å². The maximum Gasteiger partial charge on any atom is 0.277 e. The van der Waals surface area contributed by atoms with E-state index in [9.17, 15) is 4.79 Å². The van der Waals surface area contributed by atoms with E-state index >= 15 is 0 Å². The van der Waals surface area contributed by atoms with Gasteiger partial charge in [0.05, 0.1) is 20.0 Å². The van der Waals surface area contributed by atoms with Crippen LogP contribution >= 0.6 is 11.8 Å². The number of benzene rings is 2. The molecule has 1 aliphatic rings. The number of carbonyl (C=O) groups is 1. The van der Waals surface area contributed by atoms with Crippen LogP contribution in [-0.2, 0) is 11.3 Å². The van der Waals surface area contributed by atoms with Crippen LogP contribution < -0.4 is 24.3 Å². The summed E-state index contributed by atoms with van der Waals surface area (Å²) in [5, 5.41) is 11.2. The molecule has 3 aromatic rings. The number of amides is 1. The normalized spacial score (nSPS) is 11.9. The van der Waals surface area contributed by atoms with Gasteiger partial charge in [0.2, 0.25) is 18.6 Å². The molecular weight excluding hydrogens is 410 g/mol. The number of nitrogens with zero attached hydrogens (tertiary/aromatic N) is 2. The van der Waals surface area contributed by atoms with Gasteiger partial charge in [-0.25, -0.2) is 0 Å². The summed E-state index contributed by atoms with van der Waals surface area (Å²) in [7, 11) is 3.13. The van der Waals surface area contributed by atoms with Crippen molar-refractivity contribution in [3.05, 3.63) is 42.0 Å². The van der Waals surface area contributed by atoms with Gasteiger partial charge in [0.1, 0.15) is 11.5 Å². The molecule has 2 aromatic carbocycles. The molecule has 1 N–H and O–H groups in total. The van der Waals surface area contributed by atoms with Crippen LogP contribution in [0.5, 0.6) is 23.0 Å². The van der Waals surface area contributed by atoms with Crippen molar-refractivity contribution >= 4 is 17.7 Å². The lowest BCUT2D eigenvalue weighted by Gasteiger charge is -2.06. The fraction of sp³-hybridized carbons (Fsp3) is 0.250. The number of hydrogen-bond acceptors (Lipinski definition) is 9. The van der Waals surface area contributed by atoms with Crippen molar-refractivity contribution in [2.75, 3.05) is 26.8 Å². The summed E-state index contributed by atoms with van der Waals surface area (Å²) in [6.45, 7) is 0.602. The first-order valence-corrected chi connectivity index (χ1v) is 9.98. The topological polar surface area (TPSA) is 105 Å². The first-order chi connectivity index (χ1) is 14.6. The van der Waals surface area contributed by atoms with Gasteiger partial charge in [-0.15, -0.1) is 10.2 Å². The van der Waals surface area contributed by atoms with E-state index in [-0.39, 0.29) is 18.5 Å². The molecule has 0 spiro atoms. The maximum absolute atomic E-state index is 12.2. The predicted octanol–water partition coefficient (Wildman–Crippen LogP) is 2.89. The van der Waals surface area contributed by atoms with Gasteiger partial charge in [-0.2, -0.15) is 0 Å². The molecule has 0 aliphatic carbocycles. The number of aromatic nitrogens is 2. The van der Waals surface area contributed by atoms with Crippen molar-refractivity contribution in [2.24, 2.45) is 0 Å². The van der Waals surface area contributed by atoms with E-state index in [0.717, 1.165) is 17.3 Å². The van der Waals surface area contributed by atoms with Crippen LogP contribution in [0, 0.1) is 0 Å². The van der Waals surface area contributed by atoms with E-state index in [4.69, 9.17) is 23.4 Å². The average molecular weight is 429 g/mol. The zero-order valence-electron chi connectivity index (χ0n) is 16.3. The van der Waals surface area contributed by atoms with Crippen LogP contribution in [0.3, 0.4) is 0 Å². The Morgan fingerprint density at radius 2 is 1.83 bits per heavy atom. The van der Waals surface area contributed by atoms with Gasteiger partial charge in [-0.1, -0.05) is 17.8 Å². The number of rotatable bonds is 8. The van der Waals surface area contributed by atoms with E-state index < -0.39 is 0 Å². The number of fused-ring (bicyclic) bond motifs is 1. The Hall–Kier alpha value is -3.40. The Kier molecular flexibility index (Phi) is 5.94. The molecule has 0 fully saturated rings. The van der Waals surface area contributed by atoms with Crippen molar-refractivity contribution in [1.29, 1.82) is 0 Å². The molecule has 0 radical (unpaired) electrons. The lowest BCUT2D eigenvalue weighted by atomic mass is 10.2. The van der Waals surface area contributed by atoms with Crippen LogP contribution in [0.2, 0.25) is 0 Å². The molecule has 0 unspecified atom stereocenters. The van der Waals surface area contributed by atoms with Crippen molar-refractivity contribution in [2.45, 2.75) is 11.8 Å². The zero-order chi connectivity index (χ0) is 20.9. The summed E-state index contributed by atoms with van der Waals surface area (Å²) in [6, 6.07) is 10.8. The first-order valence-electron chi connectivity index (χ1n) is 8.99. The van der Waals surface area contributed by atoms with Crippen LogP contribution in [0.15, 0.2) is 46.0 Å². The number of methoxy groups -OCH3 is 2. The Morgan fingerprint density at radius 3 is 2.60 bits per heavy atom. The maximum atomic E-state index is 12.2. The highest BCUT2D eigenvalue weighted by Crippen LogP contribution is 2.32. The molecule has 1 aromatic heterocycles. The molecule has 10 heteroatoms. The van der Waals surface area contributed by atoms with Crippen molar-refractivity contribution in [3.8, 4) is 34.5 Å².